The predicted octanol–water partition coefficient (Wildman–Crippen LogP) is 3.61. The summed E-state index contributed by atoms with van der Waals surface area (Å²) < 4.78 is 5.68. The van der Waals surface area contributed by atoms with E-state index in [1.54, 1.807) is 19.2 Å². The third kappa shape index (κ3) is 6.29. The Balaban J connectivity index is 0.000000222. The summed E-state index contributed by atoms with van der Waals surface area (Å²) in [5.74, 6) is 0.191. The Kier molecular flexibility index (Phi) is 8.19. The number of rotatable bonds is 3. The fraction of sp³-hybridized carbons (Fsp3) is 0.208. The number of amides is 2. The standard InChI is InChI=1S/C17H16ClNO2.C7H9N3O/c18-15-7-5-12(6-8-15)13-3-1-4-14(11-13)16-17(20)19-9-2-10-21-16;1-9-7(11)5-2-3-6(8)10-4-5/h1,3-8,11,16H,2,9-10H2,(H,19,20);2-4H,1H3,(H2,8,10)(H,9,11). The van der Waals surface area contributed by atoms with Crippen LogP contribution in [-0.2, 0) is 9.53 Å². The number of benzene rings is 2. The van der Waals surface area contributed by atoms with Crippen LogP contribution in [-0.4, -0.2) is 37.0 Å². The van der Waals surface area contributed by atoms with Gasteiger partial charge >= 0.3 is 0 Å². The molecule has 2 amide bonds. The molecule has 1 fully saturated rings. The van der Waals surface area contributed by atoms with Gasteiger partial charge in [0.1, 0.15) is 5.82 Å². The lowest BCUT2D eigenvalue weighted by Gasteiger charge is -2.15. The number of nitrogens with zero attached hydrogens (tertiary/aromatic N) is 1. The van der Waals surface area contributed by atoms with E-state index in [4.69, 9.17) is 22.1 Å². The molecule has 1 saturated heterocycles. The second-order valence-electron chi connectivity index (χ2n) is 7.08. The first-order chi connectivity index (χ1) is 15.5. The number of aromatic nitrogens is 1. The lowest BCUT2D eigenvalue weighted by Crippen LogP contribution is -2.28. The second kappa shape index (κ2) is 11.3. The van der Waals surface area contributed by atoms with Crippen LogP contribution in [0.2, 0.25) is 5.02 Å². The third-order valence-electron chi connectivity index (χ3n) is 4.79. The van der Waals surface area contributed by atoms with Gasteiger partial charge in [-0.15, -0.1) is 0 Å². The quantitative estimate of drug-likeness (QED) is 0.562. The fourth-order valence-corrected chi connectivity index (χ4v) is 3.23. The minimum atomic E-state index is -0.528. The molecule has 3 aromatic rings. The zero-order valence-electron chi connectivity index (χ0n) is 17.7. The highest BCUT2D eigenvalue weighted by Crippen LogP contribution is 2.27. The van der Waals surface area contributed by atoms with Gasteiger partial charge in [0.2, 0.25) is 0 Å². The number of ether oxygens (including phenoxy) is 1. The summed E-state index contributed by atoms with van der Waals surface area (Å²) in [7, 11) is 1.57. The molecule has 0 aliphatic carbocycles. The first kappa shape index (κ1) is 23.2. The normalized spacial score (nSPS) is 15.6. The van der Waals surface area contributed by atoms with Crippen LogP contribution in [0.15, 0.2) is 66.9 Å². The molecule has 0 radical (unpaired) electrons. The highest BCUT2D eigenvalue weighted by molar-refractivity contribution is 6.30. The van der Waals surface area contributed by atoms with Gasteiger partial charge in [0, 0.05) is 31.4 Å². The Hall–Kier alpha value is -3.42. The molecule has 0 spiro atoms. The summed E-state index contributed by atoms with van der Waals surface area (Å²) in [6.07, 6.45) is 1.76. The molecule has 32 heavy (non-hydrogen) atoms. The van der Waals surface area contributed by atoms with Crippen molar-refractivity contribution in [3.8, 4) is 11.1 Å². The number of carbonyl (C=O) groups excluding carboxylic acids is 2. The van der Waals surface area contributed by atoms with Crippen molar-refractivity contribution in [1.82, 2.24) is 15.6 Å². The minimum Gasteiger partial charge on any atom is -0.384 e. The van der Waals surface area contributed by atoms with Crippen molar-refractivity contribution < 1.29 is 14.3 Å². The second-order valence-corrected chi connectivity index (χ2v) is 7.52. The number of nitrogen functional groups attached to an aromatic ring is 1. The third-order valence-corrected chi connectivity index (χ3v) is 5.04. The summed E-state index contributed by atoms with van der Waals surface area (Å²) in [5.41, 5.74) is 8.83. The maximum Gasteiger partial charge on any atom is 0.253 e. The Bertz CT molecular complexity index is 1060. The molecule has 1 aromatic heterocycles. The average Bonchev–Trinajstić information content (AvgIpc) is 3.04. The van der Waals surface area contributed by atoms with E-state index in [0.717, 1.165) is 23.1 Å². The molecule has 1 aliphatic rings. The number of hydrogen-bond acceptors (Lipinski definition) is 5. The van der Waals surface area contributed by atoms with Crippen LogP contribution >= 0.6 is 11.6 Å². The first-order valence-corrected chi connectivity index (χ1v) is 10.5. The molecule has 8 heteroatoms. The zero-order chi connectivity index (χ0) is 22.9. The van der Waals surface area contributed by atoms with Gasteiger partial charge in [0.25, 0.3) is 11.8 Å². The Morgan fingerprint density at radius 1 is 1.16 bits per heavy atom. The molecule has 166 valence electrons. The maximum atomic E-state index is 12.1. The SMILES string of the molecule is CNC(=O)c1ccc(N)nc1.O=C1NCCCOC1c1cccc(-c2ccc(Cl)cc2)c1. The highest BCUT2D eigenvalue weighted by atomic mass is 35.5. The highest BCUT2D eigenvalue weighted by Gasteiger charge is 2.23. The molecule has 4 rings (SSSR count). The molecule has 7 nitrogen and oxygen atoms in total. The number of nitrogens with one attached hydrogen (secondary N) is 2. The van der Waals surface area contributed by atoms with Crippen LogP contribution in [0.5, 0.6) is 0 Å². The number of anilines is 1. The van der Waals surface area contributed by atoms with E-state index in [9.17, 15) is 9.59 Å². The van der Waals surface area contributed by atoms with Crippen LogP contribution in [0.25, 0.3) is 11.1 Å². The van der Waals surface area contributed by atoms with Crippen LogP contribution in [0, 0.1) is 0 Å². The fourth-order valence-electron chi connectivity index (χ4n) is 3.11. The van der Waals surface area contributed by atoms with Gasteiger partial charge < -0.3 is 21.1 Å². The smallest absolute Gasteiger partial charge is 0.253 e. The number of pyridine rings is 1. The van der Waals surface area contributed by atoms with E-state index in [2.05, 4.69) is 15.6 Å². The molecule has 0 bridgehead atoms. The largest absolute Gasteiger partial charge is 0.384 e. The molecule has 1 atom stereocenters. The van der Waals surface area contributed by atoms with E-state index < -0.39 is 6.10 Å². The lowest BCUT2D eigenvalue weighted by molar-refractivity contribution is -0.131. The van der Waals surface area contributed by atoms with Crippen molar-refractivity contribution in [1.29, 1.82) is 0 Å². The van der Waals surface area contributed by atoms with Crippen LogP contribution in [0.4, 0.5) is 5.82 Å². The number of carbonyl (C=O) groups is 2. The molecule has 1 unspecified atom stereocenters. The monoisotopic (exact) mass is 452 g/mol. The summed E-state index contributed by atoms with van der Waals surface area (Å²) in [6, 6.07) is 18.8. The topological polar surface area (TPSA) is 106 Å². The van der Waals surface area contributed by atoms with Crippen molar-refractivity contribution >= 4 is 29.2 Å². The van der Waals surface area contributed by atoms with Crippen LogP contribution in [0.3, 0.4) is 0 Å². The first-order valence-electron chi connectivity index (χ1n) is 10.2. The van der Waals surface area contributed by atoms with E-state index in [0.29, 0.717) is 29.6 Å². The van der Waals surface area contributed by atoms with Crippen LogP contribution < -0.4 is 16.4 Å². The van der Waals surface area contributed by atoms with Gasteiger partial charge in [0.15, 0.2) is 6.10 Å². The summed E-state index contributed by atoms with van der Waals surface area (Å²) in [4.78, 5) is 26.8. The molecule has 0 saturated carbocycles. The van der Waals surface area contributed by atoms with Crippen LogP contribution in [0.1, 0.15) is 28.4 Å². The number of nitrogens with two attached hydrogens (primary N) is 1. The van der Waals surface area contributed by atoms with Gasteiger partial charge in [-0.25, -0.2) is 4.98 Å². The molecular weight excluding hydrogens is 428 g/mol. The van der Waals surface area contributed by atoms with Gasteiger partial charge in [-0.2, -0.15) is 0 Å². The van der Waals surface area contributed by atoms with Gasteiger partial charge in [-0.1, -0.05) is 41.9 Å². The molecule has 2 aromatic carbocycles. The van der Waals surface area contributed by atoms with Gasteiger partial charge in [-0.05, 0) is 53.4 Å². The van der Waals surface area contributed by atoms with E-state index in [-0.39, 0.29) is 11.8 Å². The Labute approximate surface area is 191 Å². The Morgan fingerprint density at radius 3 is 2.62 bits per heavy atom. The predicted molar refractivity (Wildman–Crippen MR) is 125 cm³/mol. The number of halogens is 1. The van der Waals surface area contributed by atoms with E-state index in [1.165, 1.54) is 6.20 Å². The minimum absolute atomic E-state index is 0.0687. The van der Waals surface area contributed by atoms with E-state index in [1.807, 2.05) is 48.5 Å². The Morgan fingerprint density at radius 2 is 1.94 bits per heavy atom. The molecule has 1 aliphatic heterocycles. The zero-order valence-corrected chi connectivity index (χ0v) is 18.4. The van der Waals surface area contributed by atoms with Crippen molar-refractivity contribution in [3.05, 3.63) is 83.0 Å². The van der Waals surface area contributed by atoms with Crippen molar-refractivity contribution in [2.45, 2.75) is 12.5 Å². The molecular formula is C24H25ClN4O3. The molecule has 2 heterocycles. The molecule has 4 N–H and O–H groups in total. The number of hydrogen-bond donors (Lipinski definition) is 3. The van der Waals surface area contributed by atoms with Crippen molar-refractivity contribution in [2.24, 2.45) is 0 Å². The van der Waals surface area contributed by atoms with E-state index >= 15 is 0 Å². The van der Waals surface area contributed by atoms with Crippen molar-refractivity contribution in [2.75, 3.05) is 25.9 Å². The lowest BCUT2D eigenvalue weighted by atomic mass is 10.0. The van der Waals surface area contributed by atoms with Crippen molar-refractivity contribution in [3.63, 3.8) is 0 Å². The van der Waals surface area contributed by atoms with Gasteiger partial charge in [-0.3, -0.25) is 9.59 Å². The maximum absolute atomic E-state index is 12.1. The van der Waals surface area contributed by atoms with Gasteiger partial charge in [0.05, 0.1) is 5.56 Å². The summed E-state index contributed by atoms with van der Waals surface area (Å²) >= 11 is 5.92. The average molecular weight is 453 g/mol. The summed E-state index contributed by atoms with van der Waals surface area (Å²) in [6.45, 7) is 1.26. The summed E-state index contributed by atoms with van der Waals surface area (Å²) in [5, 5.41) is 6.07.